The average Bonchev–Trinajstić information content (AvgIpc) is 3.05. The lowest BCUT2D eigenvalue weighted by atomic mass is 10.1. The van der Waals surface area contributed by atoms with Gasteiger partial charge in [0, 0.05) is 25.3 Å². The molecule has 2 aliphatic rings. The summed E-state index contributed by atoms with van der Waals surface area (Å²) in [7, 11) is 0. The van der Waals surface area contributed by atoms with Gasteiger partial charge in [-0.25, -0.2) is 4.98 Å². The molecule has 0 saturated carbocycles. The van der Waals surface area contributed by atoms with Gasteiger partial charge in [0.25, 0.3) is 5.91 Å². The maximum atomic E-state index is 12.4. The fraction of sp³-hybridized carbons (Fsp3) is 0.562. The maximum absolute atomic E-state index is 12.4. The summed E-state index contributed by atoms with van der Waals surface area (Å²) in [6.45, 7) is 3.95. The van der Waals surface area contributed by atoms with Gasteiger partial charge in [-0.2, -0.15) is 5.26 Å². The van der Waals surface area contributed by atoms with Crippen molar-refractivity contribution in [2.75, 3.05) is 26.2 Å². The second-order valence-corrected chi connectivity index (χ2v) is 5.83. The third-order valence-electron chi connectivity index (χ3n) is 4.47. The van der Waals surface area contributed by atoms with Crippen molar-refractivity contribution in [3.63, 3.8) is 0 Å². The number of aromatic nitrogens is 1. The molecule has 1 aromatic heterocycles. The van der Waals surface area contributed by atoms with E-state index in [4.69, 9.17) is 5.26 Å². The molecule has 2 aliphatic heterocycles. The quantitative estimate of drug-likeness (QED) is 0.828. The Hall–Kier alpha value is -1.93. The second-order valence-electron chi connectivity index (χ2n) is 5.83. The zero-order valence-corrected chi connectivity index (χ0v) is 12.2. The highest BCUT2D eigenvalue weighted by Crippen LogP contribution is 2.21. The minimum absolute atomic E-state index is 0.0148. The first-order chi connectivity index (χ1) is 10.3. The smallest absolute Gasteiger partial charge is 0.272 e. The number of likely N-dealkylation sites (tertiary alicyclic amines) is 2. The van der Waals surface area contributed by atoms with Gasteiger partial charge < -0.3 is 4.90 Å². The van der Waals surface area contributed by atoms with Crippen LogP contribution >= 0.6 is 0 Å². The van der Waals surface area contributed by atoms with Crippen molar-refractivity contribution < 1.29 is 4.79 Å². The first kappa shape index (κ1) is 14.0. The number of nitriles is 1. The van der Waals surface area contributed by atoms with Gasteiger partial charge in [0.2, 0.25) is 0 Å². The van der Waals surface area contributed by atoms with E-state index in [-0.39, 0.29) is 5.91 Å². The van der Waals surface area contributed by atoms with Gasteiger partial charge in [0.1, 0.15) is 11.8 Å². The topological polar surface area (TPSA) is 60.2 Å². The van der Waals surface area contributed by atoms with Crippen molar-refractivity contribution in [3.05, 3.63) is 29.6 Å². The zero-order chi connectivity index (χ0) is 14.7. The van der Waals surface area contributed by atoms with Crippen LogP contribution in [0.1, 0.15) is 41.7 Å². The first-order valence-corrected chi connectivity index (χ1v) is 7.67. The molecular weight excluding hydrogens is 264 g/mol. The predicted molar refractivity (Wildman–Crippen MR) is 78.7 cm³/mol. The number of pyridine rings is 1. The Morgan fingerprint density at radius 1 is 1.24 bits per heavy atom. The SMILES string of the molecule is N#Cc1ccc(C(=O)N2CCC(N3CCCCC3)C2)nc1. The summed E-state index contributed by atoms with van der Waals surface area (Å²) < 4.78 is 0. The van der Waals surface area contributed by atoms with E-state index in [9.17, 15) is 4.79 Å². The standard InChI is InChI=1S/C16H20N4O/c17-10-13-4-5-15(18-11-13)16(21)20-9-6-14(12-20)19-7-2-1-3-8-19/h4-5,11,14H,1-3,6-9,12H2. The molecule has 21 heavy (non-hydrogen) atoms. The van der Waals surface area contributed by atoms with Gasteiger partial charge in [-0.1, -0.05) is 6.42 Å². The van der Waals surface area contributed by atoms with Crippen LogP contribution in [0.4, 0.5) is 0 Å². The summed E-state index contributed by atoms with van der Waals surface area (Å²) in [5, 5.41) is 8.77. The lowest BCUT2D eigenvalue weighted by molar-refractivity contribution is 0.0766. The van der Waals surface area contributed by atoms with Crippen molar-refractivity contribution in [1.29, 1.82) is 5.26 Å². The molecule has 0 bridgehead atoms. The number of hydrogen-bond donors (Lipinski definition) is 0. The molecule has 0 aliphatic carbocycles. The number of carbonyl (C=O) groups is 1. The summed E-state index contributed by atoms with van der Waals surface area (Å²) in [5.74, 6) is -0.0148. The largest absolute Gasteiger partial charge is 0.336 e. The number of hydrogen-bond acceptors (Lipinski definition) is 4. The summed E-state index contributed by atoms with van der Waals surface area (Å²) in [6.07, 6.45) is 6.41. The molecule has 2 fully saturated rings. The molecule has 3 heterocycles. The molecule has 2 saturated heterocycles. The minimum atomic E-state index is -0.0148. The number of amides is 1. The number of nitrogens with zero attached hydrogens (tertiary/aromatic N) is 4. The molecule has 0 aromatic carbocycles. The van der Waals surface area contributed by atoms with E-state index in [0.717, 1.165) is 19.5 Å². The van der Waals surface area contributed by atoms with Crippen molar-refractivity contribution in [3.8, 4) is 6.07 Å². The Bertz CT molecular complexity index is 542. The van der Waals surface area contributed by atoms with Crippen LogP contribution in [0.2, 0.25) is 0 Å². The molecule has 5 heteroatoms. The first-order valence-electron chi connectivity index (χ1n) is 7.67. The van der Waals surface area contributed by atoms with Crippen molar-refractivity contribution in [2.24, 2.45) is 0 Å². The highest BCUT2D eigenvalue weighted by Gasteiger charge is 2.31. The maximum Gasteiger partial charge on any atom is 0.272 e. The fourth-order valence-electron chi connectivity index (χ4n) is 3.26. The molecule has 0 spiro atoms. The molecule has 1 atom stereocenters. The van der Waals surface area contributed by atoms with E-state index in [0.29, 0.717) is 17.3 Å². The van der Waals surface area contributed by atoms with Crippen LogP contribution in [0, 0.1) is 11.3 Å². The van der Waals surface area contributed by atoms with E-state index in [2.05, 4.69) is 9.88 Å². The molecule has 1 unspecified atom stereocenters. The van der Waals surface area contributed by atoms with E-state index < -0.39 is 0 Å². The van der Waals surface area contributed by atoms with Crippen molar-refractivity contribution >= 4 is 5.91 Å². The normalized spacial score (nSPS) is 23.0. The lowest BCUT2D eigenvalue weighted by Crippen LogP contribution is -2.41. The summed E-state index contributed by atoms with van der Waals surface area (Å²) in [4.78, 5) is 21.0. The van der Waals surface area contributed by atoms with Crippen LogP contribution in [0.25, 0.3) is 0 Å². The number of carbonyl (C=O) groups excluding carboxylic acids is 1. The highest BCUT2D eigenvalue weighted by atomic mass is 16.2. The average molecular weight is 284 g/mol. The van der Waals surface area contributed by atoms with Crippen molar-refractivity contribution in [1.82, 2.24) is 14.8 Å². The van der Waals surface area contributed by atoms with Gasteiger partial charge in [0.05, 0.1) is 5.56 Å². The molecule has 1 amide bonds. The van der Waals surface area contributed by atoms with Gasteiger partial charge in [-0.3, -0.25) is 9.69 Å². The second kappa shape index (κ2) is 6.23. The Morgan fingerprint density at radius 2 is 2.05 bits per heavy atom. The van der Waals surface area contributed by atoms with Gasteiger partial charge in [0.15, 0.2) is 0 Å². The Labute approximate surface area is 125 Å². The number of rotatable bonds is 2. The molecule has 5 nitrogen and oxygen atoms in total. The van der Waals surface area contributed by atoms with E-state index in [1.54, 1.807) is 12.1 Å². The summed E-state index contributed by atoms with van der Waals surface area (Å²) in [6, 6.07) is 5.82. The van der Waals surface area contributed by atoms with E-state index in [1.165, 1.54) is 38.5 Å². The van der Waals surface area contributed by atoms with Crippen LogP contribution in [-0.2, 0) is 0 Å². The molecular formula is C16H20N4O. The van der Waals surface area contributed by atoms with Crippen LogP contribution in [0.15, 0.2) is 18.3 Å². The van der Waals surface area contributed by atoms with Crippen LogP contribution in [0.3, 0.4) is 0 Å². The van der Waals surface area contributed by atoms with Crippen LogP contribution in [0.5, 0.6) is 0 Å². The Morgan fingerprint density at radius 3 is 2.71 bits per heavy atom. The molecule has 0 N–H and O–H groups in total. The Balaban J connectivity index is 1.62. The molecule has 110 valence electrons. The third kappa shape index (κ3) is 3.06. The molecule has 0 radical (unpaired) electrons. The lowest BCUT2D eigenvalue weighted by Gasteiger charge is -2.32. The predicted octanol–water partition coefficient (Wildman–Crippen LogP) is 1.65. The van der Waals surface area contributed by atoms with Gasteiger partial charge in [-0.15, -0.1) is 0 Å². The fourth-order valence-corrected chi connectivity index (χ4v) is 3.26. The summed E-state index contributed by atoms with van der Waals surface area (Å²) in [5.41, 5.74) is 0.924. The zero-order valence-electron chi connectivity index (χ0n) is 12.2. The van der Waals surface area contributed by atoms with Crippen LogP contribution < -0.4 is 0 Å². The minimum Gasteiger partial charge on any atom is -0.336 e. The molecule has 3 rings (SSSR count). The monoisotopic (exact) mass is 284 g/mol. The van der Waals surface area contributed by atoms with Gasteiger partial charge >= 0.3 is 0 Å². The Kier molecular flexibility index (Phi) is 4.16. The van der Waals surface area contributed by atoms with Gasteiger partial charge in [-0.05, 0) is 44.5 Å². The van der Waals surface area contributed by atoms with Crippen LogP contribution in [-0.4, -0.2) is 52.9 Å². The van der Waals surface area contributed by atoms with E-state index >= 15 is 0 Å². The third-order valence-corrected chi connectivity index (χ3v) is 4.47. The van der Waals surface area contributed by atoms with Crippen molar-refractivity contribution in [2.45, 2.75) is 31.7 Å². The highest BCUT2D eigenvalue weighted by molar-refractivity contribution is 5.92. The van der Waals surface area contributed by atoms with E-state index in [1.807, 2.05) is 11.0 Å². The number of piperidine rings is 1. The summed E-state index contributed by atoms with van der Waals surface area (Å²) >= 11 is 0. The molecule has 1 aromatic rings.